The third-order valence-electron chi connectivity index (χ3n) is 3.50. The molecular formula is C12H21NO2. The normalized spacial score (nSPS) is 26.0. The predicted octanol–water partition coefficient (Wildman–Crippen LogP) is 1.91. The summed E-state index contributed by atoms with van der Waals surface area (Å²) in [4.78, 5) is 22.4. The maximum Gasteiger partial charge on any atom is 0.287 e. The number of likely N-dealkylation sites (N-methyl/N-ethyl adjacent to an activating group) is 1. The van der Waals surface area contributed by atoms with Crippen LogP contribution in [0.1, 0.15) is 45.4 Å². The molecule has 3 heteroatoms. The molecule has 0 radical (unpaired) electrons. The van der Waals surface area contributed by atoms with Gasteiger partial charge in [0.25, 0.3) is 5.91 Å². The van der Waals surface area contributed by atoms with E-state index in [2.05, 4.69) is 12.2 Å². The summed E-state index contributed by atoms with van der Waals surface area (Å²) in [5.41, 5.74) is 0. The fourth-order valence-electron chi connectivity index (χ4n) is 2.34. The molecule has 1 saturated carbocycles. The Morgan fingerprint density at radius 3 is 2.13 bits per heavy atom. The Kier molecular flexibility index (Phi) is 4.79. The molecule has 15 heavy (non-hydrogen) atoms. The van der Waals surface area contributed by atoms with E-state index in [9.17, 15) is 9.59 Å². The van der Waals surface area contributed by atoms with Crippen LogP contribution in [0.2, 0.25) is 0 Å². The lowest BCUT2D eigenvalue weighted by molar-refractivity contribution is -0.138. The molecule has 3 nitrogen and oxygen atoms in total. The lowest BCUT2D eigenvalue weighted by atomic mass is 9.79. The summed E-state index contributed by atoms with van der Waals surface area (Å²) in [6.07, 6.45) is 6.36. The van der Waals surface area contributed by atoms with Crippen molar-refractivity contribution in [3.63, 3.8) is 0 Å². The van der Waals surface area contributed by atoms with Crippen molar-refractivity contribution in [3.8, 4) is 0 Å². The first kappa shape index (κ1) is 12.2. The topological polar surface area (TPSA) is 46.2 Å². The molecule has 0 aromatic rings. The number of Topliss-reactive ketones (excluding diaryl/α,β-unsaturated/α-hetero) is 1. The molecule has 1 rings (SSSR count). The predicted molar refractivity (Wildman–Crippen MR) is 59.4 cm³/mol. The van der Waals surface area contributed by atoms with E-state index in [0.717, 1.165) is 18.8 Å². The first-order valence-corrected chi connectivity index (χ1v) is 5.92. The fraction of sp³-hybridized carbons (Fsp3) is 0.833. The van der Waals surface area contributed by atoms with Gasteiger partial charge >= 0.3 is 0 Å². The molecule has 0 spiro atoms. The van der Waals surface area contributed by atoms with Gasteiger partial charge in [-0.05, 0) is 24.7 Å². The van der Waals surface area contributed by atoms with Gasteiger partial charge in [0.2, 0.25) is 5.78 Å². The van der Waals surface area contributed by atoms with Crippen molar-refractivity contribution in [1.82, 2.24) is 5.32 Å². The average molecular weight is 211 g/mol. The molecule has 0 aliphatic heterocycles. The second-order valence-corrected chi connectivity index (χ2v) is 4.50. The lowest BCUT2D eigenvalue weighted by Crippen LogP contribution is -2.29. The average Bonchev–Trinajstić information content (AvgIpc) is 2.29. The Bertz CT molecular complexity index is 230. The summed E-state index contributed by atoms with van der Waals surface area (Å²) in [5.74, 6) is 0.596. The van der Waals surface area contributed by atoms with Gasteiger partial charge in [0, 0.05) is 13.5 Å². The summed E-state index contributed by atoms with van der Waals surface area (Å²) in [6, 6.07) is 0. The molecular weight excluding hydrogens is 190 g/mol. The van der Waals surface area contributed by atoms with E-state index in [1.54, 1.807) is 0 Å². The molecule has 1 N–H and O–H groups in total. The van der Waals surface area contributed by atoms with Gasteiger partial charge in [-0.1, -0.05) is 26.2 Å². The first-order valence-electron chi connectivity index (χ1n) is 5.92. The third kappa shape index (κ3) is 3.65. The molecule has 1 aliphatic carbocycles. The van der Waals surface area contributed by atoms with E-state index in [-0.39, 0.29) is 5.78 Å². The molecule has 0 unspecified atom stereocenters. The number of ketones is 1. The molecule has 0 atom stereocenters. The van der Waals surface area contributed by atoms with Gasteiger partial charge in [-0.25, -0.2) is 0 Å². The van der Waals surface area contributed by atoms with Crippen LogP contribution in [0.3, 0.4) is 0 Å². The van der Waals surface area contributed by atoms with Crippen molar-refractivity contribution in [1.29, 1.82) is 0 Å². The molecule has 0 bridgehead atoms. The van der Waals surface area contributed by atoms with Gasteiger partial charge in [0.15, 0.2) is 0 Å². The van der Waals surface area contributed by atoms with E-state index < -0.39 is 5.91 Å². The van der Waals surface area contributed by atoms with Crippen molar-refractivity contribution >= 4 is 11.7 Å². The van der Waals surface area contributed by atoms with E-state index in [0.29, 0.717) is 12.3 Å². The standard InChI is InChI=1S/C12H21NO2/c1-3-9-4-6-10(7-5-9)8-11(14)12(15)13-2/h9-10H,3-8H2,1-2H3,(H,13,15). The molecule has 0 saturated heterocycles. The molecule has 1 aliphatic rings. The molecule has 1 amide bonds. The second-order valence-electron chi connectivity index (χ2n) is 4.50. The van der Waals surface area contributed by atoms with Gasteiger partial charge in [0.1, 0.15) is 0 Å². The lowest BCUT2D eigenvalue weighted by Gasteiger charge is -2.27. The van der Waals surface area contributed by atoms with Gasteiger partial charge in [0.05, 0.1) is 0 Å². The Morgan fingerprint density at radius 2 is 1.67 bits per heavy atom. The van der Waals surface area contributed by atoms with Crippen LogP contribution >= 0.6 is 0 Å². The highest BCUT2D eigenvalue weighted by Gasteiger charge is 2.24. The maximum atomic E-state index is 11.4. The van der Waals surface area contributed by atoms with Crippen LogP contribution in [0.4, 0.5) is 0 Å². The zero-order chi connectivity index (χ0) is 11.3. The zero-order valence-electron chi connectivity index (χ0n) is 9.71. The van der Waals surface area contributed by atoms with Crippen LogP contribution in [-0.2, 0) is 9.59 Å². The van der Waals surface area contributed by atoms with Crippen LogP contribution in [-0.4, -0.2) is 18.7 Å². The van der Waals surface area contributed by atoms with Crippen LogP contribution in [0.5, 0.6) is 0 Å². The quantitative estimate of drug-likeness (QED) is 0.722. The Hall–Kier alpha value is -0.860. The highest BCUT2D eigenvalue weighted by atomic mass is 16.2. The van der Waals surface area contributed by atoms with E-state index >= 15 is 0 Å². The van der Waals surface area contributed by atoms with Crippen molar-refractivity contribution < 1.29 is 9.59 Å². The Labute approximate surface area is 91.6 Å². The summed E-state index contributed by atoms with van der Waals surface area (Å²) in [5, 5.41) is 2.39. The number of carbonyl (C=O) groups excluding carboxylic acids is 2. The summed E-state index contributed by atoms with van der Waals surface area (Å²) < 4.78 is 0. The second kappa shape index (κ2) is 5.89. The fourth-order valence-corrected chi connectivity index (χ4v) is 2.34. The number of carbonyl (C=O) groups is 2. The number of amides is 1. The van der Waals surface area contributed by atoms with E-state index in [4.69, 9.17) is 0 Å². The largest absolute Gasteiger partial charge is 0.353 e. The van der Waals surface area contributed by atoms with Gasteiger partial charge in [-0.2, -0.15) is 0 Å². The highest BCUT2D eigenvalue weighted by molar-refractivity contribution is 6.36. The Balaban J connectivity index is 2.29. The zero-order valence-corrected chi connectivity index (χ0v) is 9.71. The van der Waals surface area contributed by atoms with Crippen LogP contribution in [0, 0.1) is 11.8 Å². The van der Waals surface area contributed by atoms with E-state index in [1.807, 2.05) is 0 Å². The third-order valence-corrected chi connectivity index (χ3v) is 3.50. The molecule has 86 valence electrons. The number of hydrogen-bond donors (Lipinski definition) is 1. The van der Waals surface area contributed by atoms with Crippen LogP contribution in [0.25, 0.3) is 0 Å². The smallest absolute Gasteiger partial charge is 0.287 e. The number of rotatable bonds is 4. The Morgan fingerprint density at radius 1 is 1.13 bits per heavy atom. The van der Waals surface area contributed by atoms with Crippen LogP contribution < -0.4 is 5.32 Å². The minimum atomic E-state index is -0.437. The summed E-state index contributed by atoms with van der Waals surface area (Å²) in [6.45, 7) is 2.22. The van der Waals surface area contributed by atoms with Crippen molar-refractivity contribution in [2.75, 3.05) is 7.05 Å². The van der Waals surface area contributed by atoms with Crippen molar-refractivity contribution in [2.24, 2.45) is 11.8 Å². The minimum Gasteiger partial charge on any atom is -0.353 e. The van der Waals surface area contributed by atoms with Crippen molar-refractivity contribution in [3.05, 3.63) is 0 Å². The van der Waals surface area contributed by atoms with Crippen LogP contribution in [0.15, 0.2) is 0 Å². The SMILES string of the molecule is CCC1CCC(CC(=O)C(=O)NC)CC1. The summed E-state index contributed by atoms with van der Waals surface area (Å²) in [7, 11) is 1.51. The molecule has 0 aromatic heterocycles. The highest BCUT2D eigenvalue weighted by Crippen LogP contribution is 2.32. The van der Waals surface area contributed by atoms with E-state index in [1.165, 1.54) is 26.3 Å². The summed E-state index contributed by atoms with van der Waals surface area (Å²) >= 11 is 0. The van der Waals surface area contributed by atoms with Gasteiger partial charge < -0.3 is 5.32 Å². The van der Waals surface area contributed by atoms with Gasteiger partial charge in [-0.15, -0.1) is 0 Å². The first-order chi connectivity index (χ1) is 7.17. The minimum absolute atomic E-state index is 0.252. The molecule has 0 heterocycles. The maximum absolute atomic E-state index is 11.4. The monoisotopic (exact) mass is 211 g/mol. The van der Waals surface area contributed by atoms with Crippen molar-refractivity contribution in [2.45, 2.75) is 45.4 Å². The number of nitrogens with one attached hydrogen (secondary N) is 1. The molecule has 0 aromatic carbocycles. The molecule has 1 fully saturated rings. The van der Waals surface area contributed by atoms with Gasteiger partial charge in [-0.3, -0.25) is 9.59 Å². The number of hydrogen-bond acceptors (Lipinski definition) is 2.